The number of anilines is 1. The van der Waals surface area contributed by atoms with Gasteiger partial charge in [0.2, 0.25) is 10.0 Å². The number of pyridine rings is 1. The Balaban J connectivity index is 0.00000450. The number of aliphatic imine (C=N–C) groups is 1. The van der Waals surface area contributed by atoms with Crippen molar-refractivity contribution in [1.82, 2.24) is 19.9 Å². The van der Waals surface area contributed by atoms with E-state index in [0.717, 1.165) is 31.7 Å². The summed E-state index contributed by atoms with van der Waals surface area (Å²) < 4.78 is 27.0. The molecule has 1 saturated heterocycles. The summed E-state index contributed by atoms with van der Waals surface area (Å²) in [5.74, 6) is 2.21. The molecule has 1 fully saturated rings. The third kappa shape index (κ3) is 8.54. The topological polar surface area (TPSA) is 89.9 Å². The molecule has 0 amide bonds. The van der Waals surface area contributed by atoms with Gasteiger partial charge in [0.1, 0.15) is 5.82 Å². The van der Waals surface area contributed by atoms with Gasteiger partial charge in [-0.25, -0.2) is 13.4 Å². The molecular weight excluding hydrogens is 515 g/mol. The molecule has 8 nitrogen and oxygen atoms in total. The number of guanidine groups is 1. The minimum absolute atomic E-state index is 0. The van der Waals surface area contributed by atoms with E-state index in [1.54, 1.807) is 10.5 Å². The number of hydrogen-bond donors (Lipinski definition) is 2. The van der Waals surface area contributed by atoms with E-state index in [2.05, 4.69) is 39.4 Å². The lowest BCUT2D eigenvalue weighted by molar-refractivity contribution is 0.384. The summed E-state index contributed by atoms with van der Waals surface area (Å²) in [5, 5.41) is 6.36. The molecule has 2 N–H and O–H groups in total. The van der Waals surface area contributed by atoms with Crippen molar-refractivity contribution in [1.29, 1.82) is 0 Å². The number of hydrogen-bond acceptors (Lipinski definition) is 5. The van der Waals surface area contributed by atoms with E-state index in [1.807, 2.05) is 25.1 Å². The van der Waals surface area contributed by atoms with E-state index in [1.165, 1.54) is 0 Å². The molecule has 0 spiro atoms. The van der Waals surface area contributed by atoms with Crippen molar-refractivity contribution >= 4 is 45.8 Å². The zero-order chi connectivity index (χ0) is 21.1. The van der Waals surface area contributed by atoms with Crippen LogP contribution in [-0.2, 0) is 10.0 Å². The molecule has 1 aliphatic rings. The second-order valence-electron chi connectivity index (χ2n) is 7.22. The molecule has 2 rings (SSSR count). The lowest BCUT2D eigenvalue weighted by atomic mass is 10.0. The maximum absolute atomic E-state index is 12.7. The first-order chi connectivity index (χ1) is 14.0. The first-order valence-electron chi connectivity index (χ1n) is 10.7. The fraction of sp³-hybridized carbons (Fsp3) is 0.700. The third-order valence-corrected chi connectivity index (χ3v) is 7.14. The molecule has 0 radical (unpaired) electrons. The molecule has 1 aliphatic heterocycles. The molecule has 30 heavy (non-hydrogen) atoms. The average Bonchev–Trinajstić information content (AvgIpc) is 2.75. The minimum atomic E-state index is -3.30. The van der Waals surface area contributed by atoms with E-state index >= 15 is 0 Å². The zero-order valence-corrected chi connectivity index (χ0v) is 21.5. The molecule has 0 bridgehead atoms. The first-order valence-corrected chi connectivity index (χ1v) is 12.3. The largest absolute Gasteiger partial charge is 0.357 e. The van der Waals surface area contributed by atoms with Crippen molar-refractivity contribution in [2.75, 3.05) is 56.5 Å². The molecule has 10 heteroatoms. The van der Waals surface area contributed by atoms with Gasteiger partial charge in [0.15, 0.2) is 5.96 Å². The van der Waals surface area contributed by atoms with Crippen LogP contribution >= 0.6 is 24.0 Å². The number of aromatic nitrogens is 1. The minimum Gasteiger partial charge on any atom is -0.357 e. The molecule has 0 unspecified atom stereocenters. The quantitative estimate of drug-likeness (QED) is 0.263. The van der Waals surface area contributed by atoms with Gasteiger partial charge in [-0.1, -0.05) is 32.8 Å². The molecule has 0 saturated carbocycles. The van der Waals surface area contributed by atoms with Crippen molar-refractivity contribution in [3.8, 4) is 0 Å². The molecule has 0 aliphatic carbocycles. The maximum atomic E-state index is 12.7. The van der Waals surface area contributed by atoms with E-state index in [9.17, 15) is 8.42 Å². The van der Waals surface area contributed by atoms with Crippen LogP contribution in [0.1, 0.15) is 33.6 Å². The van der Waals surface area contributed by atoms with Gasteiger partial charge >= 0.3 is 0 Å². The molecule has 0 atom stereocenters. The Morgan fingerprint density at radius 2 is 1.83 bits per heavy atom. The van der Waals surface area contributed by atoms with E-state index in [0.29, 0.717) is 44.6 Å². The zero-order valence-electron chi connectivity index (χ0n) is 18.4. The van der Waals surface area contributed by atoms with E-state index in [-0.39, 0.29) is 29.7 Å². The van der Waals surface area contributed by atoms with Gasteiger partial charge in [0.25, 0.3) is 0 Å². The summed E-state index contributed by atoms with van der Waals surface area (Å²) in [6.07, 6.45) is 3.95. The van der Waals surface area contributed by atoms with Gasteiger partial charge in [-0.15, -0.1) is 24.0 Å². The van der Waals surface area contributed by atoms with Crippen LogP contribution in [0.4, 0.5) is 5.82 Å². The van der Waals surface area contributed by atoms with Crippen molar-refractivity contribution in [3.05, 3.63) is 24.4 Å². The highest BCUT2D eigenvalue weighted by Crippen LogP contribution is 2.14. The van der Waals surface area contributed by atoms with E-state index in [4.69, 9.17) is 0 Å². The number of sulfonamides is 1. The van der Waals surface area contributed by atoms with Gasteiger partial charge in [0, 0.05) is 52.0 Å². The monoisotopic (exact) mass is 552 g/mol. The second kappa shape index (κ2) is 14.0. The van der Waals surface area contributed by atoms with Crippen LogP contribution in [0, 0.1) is 5.92 Å². The first kappa shape index (κ1) is 26.9. The predicted octanol–water partition coefficient (Wildman–Crippen LogP) is 2.14. The summed E-state index contributed by atoms with van der Waals surface area (Å²) in [5.41, 5.74) is 0. The molecular formula is C20H37IN6O2S. The van der Waals surface area contributed by atoms with Crippen LogP contribution in [-0.4, -0.2) is 75.2 Å². The molecule has 1 aromatic rings. The van der Waals surface area contributed by atoms with Crippen molar-refractivity contribution in [3.63, 3.8) is 0 Å². The Morgan fingerprint density at radius 3 is 2.40 bits per heavy atom. The Labute approximate surface area is 199 Å². The van der Waals surface area contributed by atoms with Crippen molar-refractivity contribution in [2.45, 2.75) is 33.6 Å². The van der Waals surface area contributed by atoms with Crippen LogP contribution in [0.5, 0.6) is 0 Å². The van der Waals surface area contributed by atoms with Gasteiger partial charge in [-0.2, -0.15) is 4.31 Å². The van der Waals surface area contributed by atoms with Crippen LogP contribution < -0.4 is 15.5 Å². The number of halogens is 1. The lowest BCUT2D eigenvalue weighted by Crippen LogP contribution is -2.50. The van der Waals surface area contributed by atoms with Crippen LogP contribution in [0.15, 0.2) is 29.4 Å². The Kier molecular flexibility index (Phi) is 12.6. The third-order valence-electron chi connectivity index (χ3n) is 5.26. The Bertz CT molecular complexity index is 720. The van der Waals surface area contributed by atoms with Crippen molar-refractivity contribution < 1.29 is 8.42 Å². The highest BCUT2D eigenvalue weighted by Gasteiger charge is 2.27. The maximum Gasteiger partial charge on any atom is 0.215 e. The van der Waals surface area contributed by atoms with Crippen molar-refractivity contribution in [2.24, 2.45) is 10.9 Å². The van der Waals surface area contributed by atoms with Crippen LogP contribution in [0.3, 0.4) is 0 Å². The standard InChI is InChI=1S/C20H36N6O2S.HI/c1-4-18(5-2)17-24-20(21-6-3)23-11-16-29(27,28)26-14-12-25(13-15-26)19-9-7-8-10-22-19;/h7-10,18H,4-6,11-17H2,1-3H3,(H2,21,23,24);1H. The Morgan fingerprint density at radius 1 is 1.13 bits per heavy atom. The van der Waals surface area contributed by atoms with Crippen LogP contribution in [0.2, 0.25) is 0 Å². The van der Waals surface area contributed by atoms with Gasteiger partial charge < -0.3 is 15.5 Å². The molecule has 0 aromatic carbocycles. The Hall–Kier alpha value is -1.14. The summed E-state index contributed by atoms with van der Waals surface area (Å²) in [6, 6.07) is 5.79. The normalized spacial score (nSPS) is 15.7. The molecule has 1 aromatic heterocycles. The number of nitrogens with zero attached hydrogens (tertiary/aromatic N) is 4. The number of piperazine rings is 1. The second-order valence-corrected chi connectivity index (χ2v) is 9.31. The SMILES string of the molecule is CCNC(=NCC(CC)CC)NCCS(=O)(=O)N1CCN(c2ccccn2)CC1.I. The highest BCUT2D eigenvalue weighted by molar-refractivity contribution is 14.0. The molecule has 172 valence electrons. The summed E-state index contributed by atoms with van der Waals surface area (Å²) in [7, 11) is -3.30. The fourth-order valence-electron chi connectivity index (χ4n) is 3.27. The fourth-order valence-corrected chi connectivity index (χ4v) is 4.61. The smallest absolute Gasteiger partial charge is 0.215 e. The summed E-state index contributed by atoms with van der Waals surface area (Å²) >= 11 is 0. The summed E-state index contributed by atoms with van der Waals surface area (Å²) in [6.45, 7) is 10.5. The highest BCUT2D eigenvalue weighted by atomic mass is 127. The van der Waals surface area contributed by atoms with Gasteiger partial charge in [-0.05, 0) is 25.0 Å². The summed E-state index contributed by atoms with van der Waals surface area (Å²) in [4.78, 5) is 11.1. The average molecular weight is 553 g/mol. The van der Waals surface area contributed by atoms with Crippen LogP contribution in [0.25, 0.3) is 0 Å². The molecule has 2 heterocycles. The lowest BCUT2D eigenvalue weighted by Gasteiger charge is -2.34. The van der Waals surface area contributed by atoms with E-state index < -0.39 is 10.0 Å². The number of nitrogens with one attached hydrogen (secondary N) is 2. The van der Waals surface area contributed by atoms with Gasteiger partial charge in [0.05, 0.1) is 5.75 Å². The predicted molar refractivity (Wildman–Crippen MR) is 135 cm³/mol. The number of rotatable bonds is 10. The van der Waals surface area contributed by atoms with Gasteiger partial charge in [-0.3, -0.25) is 4.99 Å².